The maximum absolute atomic E-state index is 4.74. The van der Waals surface area contributed by atoms with Gasteiger partial charge in [0.2, 0.25) is 0 Å². The minimum Gasteiger partial charge on any atom is -0.372 e. The van der Waals surface area contributed by atoms with Gasteiger partial charge >= 0.3 is 0 Å². The molecule has 160 valence electrons. The number of aliphatic imine (C=N–C) groups is 1. The summed E-state index contributed by atoms with van der Waals surface area (Å²) in [5.41, 5.74) is 2.57. The fourth-order valence-corrected chi connectivity index (χ4v) is 4.18. The van der Waals surface area contributed by atoms with Crippen LogP contribution in [0.2, 0.25) is 0 Å². The molecule has 0 bridgehead atoms. The van der Waals surface area contributed by atoms with Crippen LogP contribution in [0.1, 0.15) is 42.1 Å². The molecule has 29 heavy (non-hydrogen) atoms. The van der Waals surface area contributed by atoms with Crippen molar-refractivity contribution in [2.45, 2.75) is 46.6 Å². The van der Waals surface area contributed by atoms with Gasteiger partial charge in [0.15, 0.2) is 5.96 Å². The van der Waals surface area contributed by atoms with Crippen molar-refractivity contribution in [3.63, 3.8) is 0 Å². The molecular weight excluding hydrogens is 493 g/mol. The zero-order valence-corrected chi connectivity index (χ0v) is 20.9. The van der Waals surface area contributed by atoms with Crippen LogP contribution in [0.5, 0.6) is 0 Å². The average molecular weight is 528 g/mol. The van der Waals surface area contributed by atoms with Gasteiger partial charge in [-0.3, -0.25) is 0 Å². The SMILES string of the molecule is CCNC(=NCc1ccc(N2CCC(C)CC2)cc1)NCCc1ncc(C)s1.I. The van der Waals surface area contributed by atoms with Gasteiger partial charge in [0.1, 0.15) is 0 Å². The van der Waals surface area contributed by atoms with E-state index in [0.29, 0.717) is 6.54 Å². The molecule has 0 amide bonds. The Kier molecular flexibility index (Phi) is 10.2. The van der Waals surface area contributed by atoms with Crippen LogP contribution in [-0.2, 0) is 13.0 Å². The first-order valence-corrected chi connectivity index (χ1v) is 11.2. The first-order chi connectivity index (χ1) is 13.6. The predicted octanol–water partition coefficient (Wildman–Crippen LogP) is 4.60. The van der Waals surface area contributed by atoms with Crippen LogP contribution in [0.4, 0.5) is 5.69 Å². The molecule has 1 aliphatic heterocycles. The lowest BCUT2D eigenvalue weighted by molar-refractivity contribution is 0.438. The normalized spacial score (nSPS) is 15.1. The number of guanidine groups is 1. The highest BCUT2D eigenvalue weighted by Crippen LogP contribution is 2.23. The maximum atomic E-state index is 4.74. The Morgan fingerprint density at radius 2 is 1.93 bits per heavy atom. The summed E-state index contributed by atoms with van der Waals surface area (Å²) in [4.78, 5) is 12.9. The quantitative estimate of drug-likeness (QED) is 0.314. The second kappa shape index (κ2) is 12.4. The minimum absolute atomic E-state index is 0. The number of hydrogen-bond acceptors (Lipinski definition) is 4. The van der Waals surface area contributed by atoms with Crippen molar-refractivity contribution in [3.8, 4) is 0 Å². The standard InChI is InChI=1S/C22H33N5S.HI/c1-4-23-22(24-12-9-21-25-15-18(3)28-21)26-16-19-5-7-20(8-6-19)27-13-10-17(2)11-14-27;/h5-8,15,17H,4,9-14,16H2,1-3H3,(H2,23,24,26);1H. The minimum atomic E-state index is 0. The molecule has 1 fully saturated rings. The molecular formula is C22H34IN5S. The lowest BCUT2D eigenvalue weighted by atomic mass is 9.99. The molecule has 1 aliphatic rings. The average Bonchev–Trinajstić information content (AvgIpc) is 3.12. The van der Waals surface area contributed by atoms with Crippen LogP contribution < -0.4 is 15.5 Å². The summed E-state index contributed by atoms with van der Waals surface area (Å²) >= 11 is 1.76. The highest BCUT2D eigenvalue weighted by Gasteiger charge is 2.15. The van der Waals surface area contributed by atoms with E-state index in [4.69, 9.17) is 4.99 Å². The smallest absolute Gasteiger partial charge is 0.191 e. The Bertz CT molecular complexity index is 751. The number of anilines is 1. The molecule has 3 rings (SSSR count). The number of piperidine rings is 1. The van der Waals surface area contributed by atoms with E-state index < -0.39 is 0 Å². The van der Waals surface area contributed by atoms with Crippen molar-refractivity contribution in [2.75, 3.05) is 31.1 Å². The van der Waals surface area contributed by atoms with Gasteiger partial charge in [-0.2, -0.15) is 0 Å². The number of nitrogens with one attached hydrogen (secondary N) is 2. The molecule has 0 aliphatic carbocycles. The molecule has 0 saturated carbocycles. The van der Waals surface area contributed by atoms with E-state index in [1.165, 1.54) is 47.1 Å². The fraction of sp³-hybridized carbons (Fsp3) is 0.545. The van der Waals surface area contributed by atoms with Crippen LogP contribution in [0.15, 0.2) is 35.5 Å². The summed E-state index contributed by atoms with van der Waals surface area (Å²) < 4.78 is 0. The summed E-state index contributed by atoms with van der Waals surface area (Å²) in [7, 11) is 0. The third kappa shape index (κ3) is 7.77. The van der Waals surface area contributed by atoms with Crippen LogP contribution in [0.25, 0.3) is 0 Å². The fourth-order valence-electron chi connectivity index (χ4n) is 3.40. The number of thiazole rings is 1. The molecule has 5 nitrogen and oxygen atoms in total. The molecule has 1 aromatic carbocycles. The van der Waals surface area contributed by atoms with E-state index in [-0.39, 0.29) is 24.0 Å². The molecule has 0 radical (unpaired) electrons. The van der Waals surface area contributed by atoms with E-state index in [1.807, 2.05) is 6.20 Å². The summed E-state index contributed by atoms with van der Waals surface area (Å²) in [6.07, 6.45) is 5.45. The van der Waals surface area contributed by atoms with E-state index in [1.54, 1.807) is 11.3 Å². The summed E-state index contributed by atoms with van der Waals surface area (Å²) in [6, 6.07) is 8.90. The van der Waals surface area contributed by atoms with Crippen molar-refractivity contribution in [1.29, 1.82) is 0 Å². The molecule has 1 aromatic heterocycles. The largest absolute Gasteiger partial charge is 0.372 e. The van der Waals surface area contributed by atoms with E-state index in [0.717, 1.165) is 31.4 Å². The van der Waals surface area contributed by atoms with Gasteiger partial charge in [0.05, 0.1) is 11.6 Å². The van der Waals surface area contributed by atoms with Gasteiger partial charge in [0.25, 0.3) is 0 Å². The monoisotopic (exact) mass is 527 g/mol. The van der Waals surface area contributed by atoms with E-state index >= 15 is 0 Å². The van der Waals surface area contributed by atoms with Crippen LogP contribution in [-0.4, -0.2) is 37.1 Å². The highest BCUT2D eigenvalue weighted by molar-refractivity contribution is 14.0. The first-order valence-electron chi connectivity index (χ1n) is 10.4. The molecule has 1 saturated heterocycles. The highest BCUT2D eigenvalue weighted by atomic mass is 127. The molecule has 2 N–H and O–H groups in total. The van der Waals surface area contributed by atoms with Gasteiger partial charge in [-0.05, 0) is 50.3 Å². The number of nitrogens with zero attached hydrogens (tertiary/aromatic N) is 3. The molecule has 2 aromatic rings. The van der Waals surface area contributed by atoms with Crippen molar-refractivity contribution < 1.29 is 0 Å². The van der Waals surface area contributed by atoms with Gasteiger partial charge in [-0.1, -0.05) is 19.1 Å². The number of aryl methyl sites for hydroxylation is 1. The van der Waals surface area contributed by atoms with Gasteiger partial charge in [0, 0.05) is 49.4 Å². The third-order valence-electron chi connectivity index (χ3n) is 5.15. The van der Waals surface area contributed by atoms with Crippen molar-refractivity contribution in [1.82, 2.24) is 15.6 Å². The zero-order valence-electron chi connectivity index (χ0n) is 17.8. The van der Waals surface area contributed by atoms with Crippen LogP contribution in [0.3, 0.4) is 0 Å². The molecule has 2 heterocycles. The molecule has 0 atom stereocenters. The third-order valence-corrected chi connectivity index (χ3v) is 6.12. The van der Waals surface area contributed by atoms with E-state index in [2.05, 4.69) is 65.6 Å². The Balaban J connectivity index is 0.00000300. The molecule has 7 heteroatoms. The first kappa shape index (κ1) is 23.9. The lowest BCUT2D eigenvalue weighted by Gasteiger charge is -2.32. The number of benzene rings is 1. The van der Waals surface area contributed by atoms with Gasteiger partial charge < -0.3 is 15.5 Å². The Morgan fingerprint density at radius 1 is 1.21 bits per heavy atom. The van der Waals surface area contributed by atoms with Crippen molar-refractivity contribution in [2.24, 2.45) is 10.9 Å². The molecule has 0 spiro atoms. The summed E-state index contributed by atoms with van der Waals surface area (Å²) in [5, 5.41) is 7.91. The topological polar surface area (TPSA) is 52.6 Å². The number of hydrogen-bond donors (Lipinski definition) is 2. The molecule has 0 unspecified atom stereocenters. The zero-order chi connectivity index (χ0) is 19.8. The number of rotatable bonds is 7. The number of halogens is 1. The van der Waals surface area contributed by atoms with Crippen LogP contribution in [0, 0.1) is 12.8 Å². The Morgan fingerprint density at radius 3 is 2.55 bits per heavy atom. The summed E-state index contributed by atoms with van der Waals surface area (Å²) in [6.45, 7) is 11.3. The van der Waals surface area contributed by atoms with Crippen molar-refractivity contribution >= 4 is 47.0 Å². The van der Waals surface area contributed by atoms with Gasteiger partial charge in [-0.15, -0.1) is 35.3 Å². The summed E-state index contributed by atoms with van der Waals surface area (Å²) in [5.74, 6) is 1.73. The van der Waals surface area contributed by atoms with Crippen LogP contribution >= 0.6 is 35.3 Å². The second-order valence-corrected chi connectivity index (χ2v) is 8.89. The lowest BCUT2D eigenvalue weighted by Crippen LogP contribution is -2.38. The second-order valence-electron chi connectivity index (χ2n) is 7.57. The Labute approximate surface area is 196 Å². The van der Waals surface area contributed by atoms with Crippen molar-refractivity contribution in [3.05, 3.63) is 45.9 Å². The van der Waals surface area contributed by atoms with E-state index in [9.17, 15) is 0 Å². The Hall–Kier alpha value is -1.35. The predicted molar refractivity (Wildman–Crippen MR) is 136 cm³/mol. The number of aromatic nitrogens is 1. The van der Waals surface area contributed by atoms with Gasteiger partial charge in [-0.25, -0.2) is 9.98 Å². The maximum Gasteiger partial charge on any atom is 0.191 e.